The highest BCUT2D eigenvalue weighted by Gasteiger charge is 2.57. The molecule has 4 atom stereocenters. The van der Waals surface area contributed by atoms with Crippen molar-refractivity contribution >= 4 is 11.5 Å². The minimum Gasteiger partial charge on any atom is -0.337 e. The van der Waals surface area contributed by atoms with Gasteiger partial charge in [-0.2, -0.15) is 18.4 Å². The van der Waals surface area contributed by atoms with Gasteiger partial charge in [0.05, 0.1) is 22.6 Å². The van der Waals surface area contributed by atoms with E-state index in [9.17, 15) is 23.2 Å². The van der Waals surface area contributed by atoms with Crippen molar-refractivity contribution in [1.29, 1.82) is 5.26 Å². The molecule has 1 aromatic carbocycles. The molecule has 0 spiro atoms. The molecule has 0 bridgehead atoms. The van der Waals surface area contributed by atoms with Crippen LogP contribution < -0.4 is 5.32 Å². The summed E-state index contributed by atoms with van der Waals surface area (Å²) in [5.41, 5.74) is 2.99. The minimum atomic E-state index is -4.45. The van der Waals surface area contributed by atoms with E-state index in [2.05, 4.69) is 28.5 Å². The Morgan fingerprint density at radius 2 is 2.13 bits per heavy atom. The summed E-state index contributed by atoms with van der Waals surface area (Å²) in [7, 11) is 0. The number of nitrogens with one attached hydrogen (secondary N) is 1. The number of benzene rings is 1. The third-order valence-electron chi connectivity index (χ3n) is 9.35. The Kier molecular flexibility index (Phi) is 6.30. The van der Waals surface area contributed by atoms with Crippen molar-refractivity contribution in [2.45, 2.75) is 63.7 Å². The van der Waals surface area contributed by atoms with Crippen LogP contribution in [-0.2, 0) is 23.9 Å². The number of halogens is 3. The second kappa shape index (κ2) is 9.53. The average Bonchev–Trinajstić information content (AvgIpc) is 3.50. The lowest BCUT2D eigenvalue weighted by Crippen LogP contribution is -2.47. The minimum absolute atomic E-state index is 0.124. The Morgan fingerprint density at radius 1 is 1.26 bits per heavy atom. The van der Waals surface area contributed by atoms with Gasteiger partial charge in [-0.25, -0.2) is 0 Å². The summed E-state index contributed by atoms with van der Waals surface area (Å²) >= 11 is 0. The van der Waals surface area contributed by atoms with Crippen LogP contribution in [0.15, 0.2) is 42.6 Å². The molecule has 4 aliphatic rings. The Morgan fingerprint density at radius 3 is 2.95 bits per heavy atom. The first-order valence-corrected chi connectivity index (χ1v) is 13.5. The van der Waals surface area contributed by atoms with Crippen molar-refractivity contribution < 1.29 is 18.0 Å². The third-order valence-corrected chi connectivity index (χ3v) is 9.35. The molecule has 0 saturated heterocycles. The molecule has 2 fully saturated rings. The second-order valence-corrected chi connectivity index (χ2v) is 11.4. The van der Waals surface area contributed by atoms with Gasteiger partial charge < -0.3 is 10.2 Å². The second-order valence-electron chi connectivity index (χ2n) is 11.4. The van der Waals surface area contributed by atoms with Crippen LogP contribution in [0, 0.1) is 28.6 Å². The number of nitrogens with zero attached hydrogens (tertiary/aromatic N) is 3. The zero-order valence-electron chi connectivity index (χ0n) is 21.2. The van der Waals surface area contributed by atoms with Gasteiger partial charge in [-0.1, -0.05) is 24.6 Å². The highest BCUT2D eigenvalue weighted by atomic mass is 19.4. The number of fused-ring (bicyclic) bond motifs is 2. The van der Waals surface area contributed by atoms with Crippen molar-refractivity contribution in [2.24, 2.45) is 17.3 Å². The molecule has 3 heterocycles. The molecule has 1 aromatic heterocycles. The van der Waals surface area contributed by atoms with E-state index in [0.29, 0.717) is 41.6 Å². The number of rotatable bonds is 3. The van der Waals surface area contributed by atoms with Gasteiger partial charge >= 0.3 is 6.18 Å². The molecule has 1 amide bonds. The fourth-order valence-electron chi connectivity index (χ4n) is 7.50. The van der Waals surface area contributed by atoms with Crippen LogP contribution in [0.4, 0.5) is 13.2 Å². The van der Waals surface area contributed by atoms with E-state index < -0.39 is 17.2 Å². The lowest BCUT2D eigenvalue weighted by Gasteiger charge is -2.38. The molecule has 2 aliphatic heterocycles. The van der Waals surface area contributed by atoms with Crippen LogP contribution >= 0.6 is 0 Å². The van der Waals surface area contributed by atoms with E-state index in [4.69, 9.17) is 0 Å². The Hall–Kier alpha value is -3.18. The summed E-state index contributed by atoms with van der Waals surface area (Å²) in [6.45, 7) is 1.47. The summed E-state index contributed by atoms with van der Waals surface area (Å²) in [6, 6.07) is 11.4. The monoisotopic (exact) mass is 520 g/mol. The van der Waals surface area contributed by atoms with Crippen molar-refractivity contribution in [1.82, 2.24) is 15.2 Å². The van der Waals surface area contributed by atoms with Gasteiger partial charge in [0, 0.05) is 44.0 Å². The van der Waals surface area contributed by atoms with Crippen molar-refractivity contribution in [3.8, 4) is 6.07 Å². The molecule has 38 heavy (non-hydrogen) atoms. The summed E-state index contributed by atoms with van der Waals surface area (Å²) in [5, 5.41) is 13.0. The predicted octanol–water partition coefficient (Wildman–Crippen LogP) is 5.50. The van der Waals surface area contributed by atoms with E-state index >= 15 is 0 Å². The molecule has 1 unspecified atom stereocenters. The quantitative estimate of drug-likeness (QED) is 0.581. The van der Waals surface area contributed by atoms with Crippen LogP contribution in [0.5, 0.6) is 0 Å². The van der Waals surface area contributed by atoms with E-state index in [-0.39, 0.29) is 18.5 Å². The van der Waals surface area contributed by atoms with Crippen LogP contribution in [0.3, 0.4) is 0 Å². The molecule has 2 aromatic rings. The van der Waals surface area contributed by atoms with Crippen LogP contribution in [0.25, 0.3) is 5.57 Å². The van der Waals surface area contributed by atoms with E-state index in [1.165, 1.54) is 11.6 Å². The maximum Gasteiger partial charge on any atom is 0.417 e. The lowest BCUT2D eigenvalue weighted by molar-refractivity contribution is -0.144. The number of hydrogen-bond donors (Lipinski definition) is 1. The highest BCUT2D eigenvalue weighted by Crippen LogP contribution is 2.58. The fraction of sp³-hybridized carbons (Fsp3) is 0.500. The number of carbonyl (C=O) groups is 1. The number of pyridine rings is 1. The first-order valence-electron chi connectivity index (χ1n) is 13.5. The molecule has 6 rings (SSSR count). The van der Waals surface area contributed by atoms with Gasteiger partial charge in [-0.3, -0.25) is 9.78 Å². The molecule has 0 radical (unpaired) electrons. The molecule has 8 heteroatoms. The molecule has 2 saturated carbocycles. The first kappa shape index (κ1) is 25.1. The molecular formula is C30H31F3N4O. The molecular weight excluding hydrogens is 489 g/mol. The summed E-state index contributed by atoms with van der Waals surface area (Å²) in [4.78, 5) is 20.0. The summed E-state index contributed by atoms with van der Waals surface area (Å²) in [6.07, 6.45) is 4.74. The molecule has 5 nitrogen and oxygen atoms in total. The normalized spacial score (nSPS) is 28.8. The number of alkyl halides is 3. The molecule has 1 N–H and O–H groups in total. The highest BCUT2D eigenvalue weighted by molar-refractivity contribution is 5.84. The largest absolute Gasteiger partial charge is 0.417 e. The van der Waals surface area contributed by atoms with E-state index in [0.717, 1.165) is 56.8 Å². The predicted molar refractivity (Wildman–Crippen MR) is 136 cm³/mol. The lowest BCUT2D eigenvalue weighted by atomic mass is 9.77. The van der Waals surface area contributed by atoms with Gasteiger partial charge in [-0.05, 0) is 78.8 Å². The van der Waals surface area contributed by atoms with Crippen molar-refractivity contribution in [3.63, 3.8) is 0 Å². The topological polar surface area (TPSA) is 69.0 Å². The SMILES string of the molecule is N#Cc1cccc(C2=CCNC([C@H]3C[C@H]4CCC[C@@]4(C(=O)N4CCc5ncc(C(F)(F)F)cc5C4)C3)C2)c1. The third kappa shape index (κ3) is 4.41. The number of amides is 1. The maximum absolute atomic E-state index is 14.1. The van der Waals surface area contributed by atoms with E-state index in [1.54, 1.807) is 4.90 Å². The van der Waals surface area contributed by atoms with Crippen molar-refractivity contribution in [3.05, 3.63) is 70.6 Å². The zero-order valence-corrected chi connectivity index (χ0v) is 21.2. The average molecular weight is 521 g/mol. The summed E-state index contributed by atoms with van der Waals surface area (Å²) in [5.74, 6) is 0.806. The van der Waals surface area contributed by atoms with Gasteiger partial charge in [-0.15, -0.1) is 0 Å². The standard InChI is InChI=1S/C30H31F3N4O/c31-30(32,33)25-13-23-18-37(10-7-26(23)36-17-25)28(38)29-8-2-5-24(29)12-22(15-29)27-14-21(6-9-35-27)20-4-1-3-19(11-20)16-34/h1,3-4,6,11,13,17,22,24,27,35H,2,5,7-10,12,14-15,18H2/t22-,24+,27?,29+/m0/s1. The van der Waals surface area contributed by atoms with Gasteiger partial charge in [0.1, 0.15) is 0 Å². The fourth-order valence-corrected chi connectivity index (χ4v) is 7.50. The van der Waals surface area contributed by atoms with Gasteiger partial charge in [0.2, 0.25) is 5.91 Å². The molecule has 198 valence electrons. The number of aromatic nitrogens is 1. The van der Waals surface area contributed by atoms with Gasteiger partial charge in [0.15, 0.2) is 0 Å². The number of carbonyl (C=O) groups excluding carboxylic acids is 1. The summed E-state index contributed by atoms with van der Waals surface area (Å²) < 4.78 is 39.9. The Balaban J connectivity index is 1.19. The van der Waals surface area contributed by atoms with Crippen LogP contribution in [-0.4, -0.2) is 34.9 Å². The van der Waals surface area contributed by atoms with E-state index in [1.807, 2.05) is 18.2 Å². The van der Waals surface area contributed by atoms with Crippen LogP contribution in [0.1, 0.15) is 66.5 Å². The smallest absolute Gasteiger partial charge is 0.337 e. The maximum atomic E-state index is 14.1. The molecule has 2 aliphatic carbocycles. The van der Waals surface area contributed by atoms with Crippen LogP contribution in [0.2, 0.25) is 0 Å². The number of nitriles is 1. The first-order chi connectivity index (χ1) is 18.3. The Bertz CT molecular complexity index is 1330. The Labute approximate surface area is 220 Å². The van der Waals surface area contributed by atoms with Gasteiger partial charge in [0.25, 0.3) is 0 Å². The number of hydrogen-bond acceptors (Lipinski definition) is 4. The van der Waals surface area contributed by atoms with Crippen molar-refractivity contribution in [2.75, 3.05) is 13.1 Å². The zero-order chi connectivity index (χ0) is 26.5.